The number of carbonyl (C=O) groups is 1. The SMILES string of the molecule is C[C@@H](CCCC1CN(c2ccc(OCC(=O)O)c(F)c2)c2ccccc2O1)c1cccc2ccccc12. The van der Waals surface area contributed by atoms with Gasteiger partial charge < -0.3 is 19.5 Å². The summed E-state index contributed by atoms with van der Waals surface area (Å²) >= 11 is 0. The summed E-state index contributed by atoms with van der Waals surface area (Å²) in [5, 5.41) is 11.4. The fourth-order valence-electron chi connectivity index (χ4n) is 5.09. The van der Waals surface area contributed by atoms with E-state index in [9.17, 15) is 9.18 Å². The Hall–Kier alpha value is -4.06. The Kier molecular flexibility index (Phi) is 7.26. The third kappa shape index (κ3) is 5.53. The summed E-state index contributed by atoms with van der Waals surface area (Å²) in [5.41, 5.74) is 2.92. The zero-order valence-electron chi connectivity index (χ0n) is 20.8. The molecule has 0 saturated heterocycles. The van der Waals surface area contributed by atoms with Crippen molar-refractivity contribution in [2.45, 2.75) is 38.2 Å². The smallest absolute Gasteiger partial charge is 0.341 e. The summed E-state index contributed by atoms with van der Waals surface area (Å²) < 4.78 is 26.1. The third-order valence-electron chi connectivity index (χ3n) is 6.93. The van der Waals surface area contributed by atoms with E-state index in [0.717, 1.165) is 30.7 Å². The lowest BCUT2D eigenvalue weighted by Crippen LogP contribution is -2.37. The maximum Gasteiger partial charge on any atom is 0.341 e. The van der Waals surface area contributed by atoms with Gasteiger partial charge in [-0.3, -0.25) is 0 Å². The van der Waals surface area contributed by atoms with Gasteiger partial charge in [-0.05, 0) is 65.8 Å². The van der Waals surface area contributed by atoms with Gasteiger partial charge in [-0.25, -0.2) is 9.18 Å². The lowest BCUT2D eigenvalue weighted by atomic mass is 9.90. The Balaban J connectivity index is 1.28. The molecule has 0 amide bonds. The number of aliphatic carboxylic acids is 1. The van der Waals surface area contributed by atoms with E-state index in [1.807, 2.05) is 24.3 Å². The lowest BCUT2D eigenvalue weighted by molar-refractivity contribution is -0.139. The number of halogens is 1. The van der Waals surface area contributed by atoms with Gasteiger partial charge in [-0.15, -0.1) is 0 Å². The number of hydrogen-bond acceptors (Lipinski definition) is 4. The van der Waals surface area contributed by atoms with E-state index in [1.165, 1.54) is 28.5 Å². The minimum Gasteiger partial charge on any atom is -0.486 e. The molecule has 0 fully saturated rings. The van der Waals surface area contributed by atoms with Crippen LogP contribution in [0.5, 0.6) is 11.5 Å². The van der Waals surface area contributed by atoms with Crippen LogP contribution in [0.1, 0.15) is 37.7 Å². The van der Waals surface area contributed by atoms with Gasteiger partial charge in [-0.2, -0.15) is 0 Å². The molecule has 4 aromatic rings. The van der Waals surface area contributed by atoms with Gasteiger partial charge in [0.05, 0.1) is 12.2 Å². The molecule has 1 unspecified atom stereocenters. The van der Waals surface area contributed by atoms with Gasteiger partial charge in [0.1, 0.15) is 11.9 Å². The molecular weight excluding hydrogens is 469 g/mol. The highest BCUT2D eigenvalue weighted by molar-refractivity contribution is 5.86. The summed E-state index contributed by atoms with van der Waals surface area (Å²) in [6.45, 7) is 2.28. The highest BCUT2D eigenvalue weighted by Gasteiger charge is 2.27. The average molecular weight is 500 g/mol. The number of carboxylic acid groups (broad SMARTS) is 1. The molecule has 190 valence electrons. The quantitative estimate of drug-likeness (QED) is 0.262. The molecule has 0 saturated carbocycles. The van der Waals surface area contributed by atoms with Crippen LogP contribution in [0.3, 0.4) is 0 Å². The number of fused-ring (bicyclic) bond motifs is 2. The van der Waals surface area contributed by atoms with Crippen molar-refractivity contribution in [3.05, 3.63) is 96.3 Å². The van der Waals surface area contributed by atoms with Gasteiger partial charge in [-0.1, -0.05) is 61.5 Å². The minimum atomic E-state index is -1.15. The molecule has 0 bridgehead atoms. The fraction of sp³-hybridized carbons (Fsp3) is 0.258. The van der Waals surface area contributed by atoms with Crippen molar-refractivity contribution in [2.75, 3.05) is 18.1 Å². The summed E-state index contributed by atoms with van der Waals surface area (Å²) in [5.74, 6) is -0.629. The van der Waals surface area contributed by atoms with Crippen molar-refractivity contribution >= 4 is 28.1 Å². The van der Waals surface area contributed by atoms with E-state index in [2.05, 4.69) is 54.3 Å². The molecule has 6 heteroatoms. The van der Waals surface area contributed by atoms with E-state index < -0.39 is 18.4 Å². The second-order valence-corrected chi connectivity index (χ2v) is 9.52. The van der Waals surface area contributed by atoms with Crippen LogP contribution in [-0.4, -0.2) is 30.3 Å². The molecule has 1 aliphatic heterocycles. The molecule has 1 N–H and O–H groups in total. The van der Waals surface area contributed by atoms with Crippen molar-refractivity contribution in [2.24, 2.45) is 0 Å². The Bertz CT molecular complexity index is 1400. The highest BCUT2D eigenvalue weighted by Crippen LogP contribution is 2.40. The van der Waals surface area contributed by atoms with Crippen molar-refractivity contribution in [3.8, 4) is 11.5 Å². The Morgan fingerprint density at radius 2 is 1.86 bits per heavy atom. The number of nitrogens with zero attached hydrogens (tertiary/aromatic N) is 1. The van der Waals surface area contributed by atoms with Crippen LogP contribution in [0, 0.1) is 5.82 Å². The van der Waals surface area contributed by atoms with E-state index in [0.29, 0.717) is 18.2 Å². The van der Waals surface area contributed by atoms with Crippen molar-refractivity contribution < 1.29 is 23.8 Å². The number of ether oxygens (including phenoxy) is 2. The second kappa shape index (κ2) is 10.9. The number of benzene rings is 4. The summed E-state index contributed by atoms with van der Waals surface area (Å²) in [6, 6.07) is 27.4. The second-order valence-electron chi connectivity index (χ2n) is 9.52. The molecular formula is C31H30FNO4. The number of hydrogen-bond donors (Lipinski definition) is 1. The first-order valence-electron chi connectivity index (χ1n) is 12.6. The number of anilines is 2. The summed E-state index contributed by atoms with van der Waals surface area (Å²) in [7, 11) is 0. The normalized spacial score (nSPS) is 15.6. The van der Waals surface area contributed by atoms with Gasteiger partial charge in [0, 0.05) is 11.8 Å². The fourth-order valence-corrected chi connectivity index (χ4v) is 5.09. The van der Waals surface area contributed by atoms with Crippen molar-refractivity contribution in [1.82, 2.24) is 0 Å². The largest absolute Gasteiger partial charge is 0.486 e. The molecule has 0 spiro atoms. The molecule has 0 aliphatic carbocycles. The maximum atomic E-state index is 14.7. The Labute approximate surface area is 216 Å². The van der Waals surface area contributed by atoms with Gasteiger partial charge in [0.2, 0.25) is 0 Å². The van der Waals surface area contributed by atoms with Crippen LogP contribution in [0.4, 0.5) is 15.8 Å². The zero-order chi connectivity index (χ0) is 25.8. The average Bonchev–Trinajstić information content (AvgIpc) is 2.91. The first-order valence-corrected chi connectivity index (χ1v) is 12.6. The predicted molar refractivity (Wildman–Crippen MR) is 144 cm³/mol. The first-order chi connectivity index (χ1) is 18.0. The van der Waals surface area contributed by atoms with E-state index in [4.69, 9.17) is 14.6 Å². The van der Waals surface area contributed by atoms with Crippen LogP contribution < -0.4 is 14.4 Å². The van der Waals surface area contributed by atoms with E-state index in [-0.39, 0.29) is 11.9 Å². The maximum absolute atomic E-state index is 14.7. The standard InChI is InChI=1S/C31H30FNO4/c1-21(25-13-7-10-22-9-2-3-12-26(22)25)8-6-11-24-19-33(28-14-4-5-15-30(28)37-24)23-16-17-29(27(32)18-23)36-20-31(34)35/h2-5,7,9-10,12-18,21,24H,6,8,11,19-20H2,1H3,(H,34,35)/t21-,24?/m0/s1. The highest BCUT2D eigenvalue weighted by atomic mass is 19.1. The molecule has 0 aromatic heterocycles. The van der Waals surface area contributed by atoms with Crippen LogP contribution >= 0.6 is 0 Å². The summed E-state index contributed by atoms with van der Waals surface area (Å²) in [4.78, 5) is 12.8. The van der Waals surface area contributed by atoms with Gasteiger partial charge in [0.25, 0.3) is 0 Å². The number of para-hydroxylation sites is 2. The number of carboxylic acids is 1. The van der Waals surface area contributed by atoms with Crippen LogP contribution in [0.15, 0.2) is 84.9 Å². The van der Waals surface area contributed by atoms with Crippen LogP contribution in [0.2, 0.25) is 0 Å². The first kappa shape index (κ1) is 24.6. The Morgan fingerprint density at radius 3 is 2.70 bits per heavy atom. The summed E-state index contributed by atoms with van der Waals surface area (Å²) in [6.07, 6.45) is 2.88. The minimum absolute atomic E-state index is 0.0411. The molecule has 5 nitrogen and oxygen atoms in total. The van der Waals surface area contributed by atoms with Crippen LogP contribution in [0.25, 0.3) is 10.8 Å². The molecule has 2 atom stereocenters. The van der Waals surface area contributed by atoms with Crippen molar-refractivity contribution in [1.29, 1.82) is 0 Å². The zero-order valence-corrected chi connectivity index (χ0v) is 20.8. The molecule has 37 heavy (non-hydrogen) atoms. The monoisotopic (exact) mass is 499 g/mol. The molecule has 4 aromatic carbocycles. The molecule has 1 heterocycles. The lowest BCUT2D eigenvalue weighted by Gasteiger charge is -2.36. The Morgan fingerprint density at radius 1 is 1.08 bits per heavy atom. The predicted octanol–water partition coefficient (Wildman–Crippen LogP) is 7.32. The molecule has 5 rings (SSSR count). The van der Waals surface area contributed by atoms with Gasteiger partial charge in [0.15, 0.2) is 18.2 Å². The van der Waals surface area contributed by atoms with Gasteiger partial charge >= 0.3 is 5.97 Å². The number of rotatable bonds is 9. The third-order valence-corrected chi connectivity index (χ3v) is 6.93. The molecule has 0 radical (unpaired) electrons. The van der Waals surface area contributed by atoms with E-state index in [1.54, 1.807) is 6.07 Å². The van der Waals surface area contributed by atoms with Crippen molar-refractivity contribution in [3.63, 3.8) is 0 Å². The van der Waals surface area contributed by atoms with Crippen LogP contribution in [-0.2, 0) is 4.79 Å². The molecule has 1 aliphatic rings. The topological polar surface area (TPSA) is 59.0 Å². The van der Waals surface area contributed by atoms with E-state index >= 15 is 0 Å².